The molecule has 2 nitrogen and oxygen atoms in total. The number of aryl methyl sites for hydroxylation is 1. The molecule has 0 bridgehead atoms. The van der Waals surface area contributed by atoms with Gasteiger partial charge in [0.15, 0.2) is 0 Å². The third-order valence-corrected chi connectivity index (χ3v) is 3.66. The van der Waals surface area contributed by atoms with Gasteiger partial charge in [0.25, 0.3) is 0 Å². The summed E-state index contributed by atoms with van der Waals surface area (Å²) in [6.45, 7) is 1.44. The Morgan fingerprint density at radius 2 is 2.10 bits per heavy atom. The van der Waals surface area contributed by atoms with Crippen LogP contribution in [0.25, 0.3) is 11.1 Å². The molecule has 0 aliphatic carbocycles. The lowest BCUT2D eigenvalue weighted by Gasteiger charge is -2.21. The third-order valence-electron chi connectivity index (χ3n) is 3.66. The molecule has 0 radical (unpaired) electrons. The summed E-state index contributed by atoms with van der Waals surface area (Å²) in [6, 6.07) is 11.1. The van der Waals surface area contributed by atoms with Crippen LogP contribution in [0.3, 0.4) is 0 Å². The molecule has 0 spiro atoms. The highest BCUT2D eigenvalue weighted by Crippen LogP contribution is 2.38. The summed E-state index contributed by atoms with van der Waals surface area (Å²) in [7, 11) is 1.89. The van der Waals surface area contributed by atoms with Crippen LogP contribution in [0.4, 0.5) is 4.39 Å². The zero-order chi connectivity index (χ0) is 13.9. The minimum absolute atomic E-state index is 0.215. The molecule has 0 unspecified atom stereocenters. The summed E-state index contributed by atoms with van der Waals surface area (Å²) in [5.41, 5.74) is 4.20. The zero-order valence-corrected chi connectivity index (χ0v) is 11.6. The fourth-order valence-corrected chi connectivity index (χ4v) is 2.75. The van der Waals surface area contributed by atoms with Crippen molar-refractivity contribution in [3.63, 3.8) is 0 Å². The number of rotatable bonds is 3. The Hall–Kier alpha value is -1.87. The maximum atomic E-state index is 13.6. The van der Waals surface area contributed by atoms with E-state index in [1.165, 1.54) is 11.6 Å². The molecule has 1 aliphatic rings. The lowest BCUT2D eigenvalue weighted by molar-refractivity contribution is 0.289. The maximum Gasteiger partial charge on any atom is 0.130 e. The van der Waals surface area contributed by atoms with Gasteiger partial charge in [0.05, 0.1) is 6.61 Å². The number of para-hydroxylation sites is 1. The van der Waals surface area contributed by atoms with Crippen LogP contribution in [0, 0.1) is 5.82 Å². The normalized spacial score (nSPS) is 13.7. The van der Waals surface area contributed by atoms with Gasteiger partial charge in [-0.15, -0.1) is 0 Å². The highest BCUT2D eigenvalue weighted by atomic mass is 19.1. The minimum Gasteiger partial charge on any atom is -0.493 e. The second-order valence-electron chi connectivity index (χ2n) is 5.08. The van der Waals surface area contributed by atoms with E-state index in [1.54, 1.807) is 6.07 Å². The Labute approximate surface area is 118 Å². The number of halogens is 1. The number of nitrogens with one attached hydrogen (secondary N) is 1. The molecule has 1 N–H and O–H groups in total. The van der Waals surface area contributed by atoms with Crippen molar-refractivity contribution in [2.45, 2.75) is 19.4 Å². The van der Waals surface area contributed by atoms with Gasteiger partial charge in [0.1, 0.15) is 11.6 Å². The molecule has 3 heteroatoms. The van der Waals surface area contributed by atoms with E-state index in [9.17, 15) is 4.39 Å². The molecule has 0 saturated heterocycles. The molecule has 0 atom stereocenters. The van der Waals surface area contributed by atoms with E-state index < -0.39 is 0 Å². The molecule has 0 fully saturated rings. The van der Waals surface area contributed by atoms with Crippen molar-refractivity contribution in [1.29, 1.82) is 0 Å². The minimum atomic E-state index is -0.215. The quantitative estimate of drug-likeness (QED) is 0.922. The molecule has 2 aromatic carbocycles. The Kier molecular flexibility index (Phi) is 3.70. The van der Waals surface area contributed by atoms with E-state index in [1.807, 2.05) is 25.2 Å². The third kappa shape index (κ3) is 2.41. The average Bonchev–Trinajstić information content (AvgIpc) is 2.49. The van der Waals surface area contributed by atoms with Crippen LogP contribution in [-0.2, 0) is 13.0 Å². The average molecular weight is 271 g/mol. The van der Waals surface area contributed by atoms with Gasteiger partial charge in [-0.1, -0.05) is 24.3 Å². The van der Waals surface area contributed by atoms with Crippen molar-refractivity contribution in [2.75, 3.05) is 13.7 Å². The standard InChI is InChI=1S/C17H18FNO/c1-19-11-13-7-8-14(18)10-16(13)15-6-2-4-12-5-3-9-20-17(12)15/h2,4,6-8,10,19H,3,5,9,11H2,1H3. The Bertz CT molecular complexity index is 624. The number of ether oxygens (including phenoxy) is 1. The number of hydrogen-bond acceptors (Lipinski definition) is 2. The summed E-state index contributed by atoms with van der Waals surface area (Å²) in [5.74, 6) is 0.704. The molecule has 0 aromatic heterocycles. The van der Waals surface area contributed by atoms with Gasteiger partial charge in [-0.3, -0.25) is 0 Å². The van der Waals surface area contributed by atoms with E-state index in [4.69, 9.17) is 4.74 Å². The molecule has 3 rings (SSSR count). The zero-order valence-electron chi connectivity index (χ0n) is 11.6. The molecule has 1 aliphatic heterocycles. The second-order valence-corrected chi connectivity index (χ2v) is 5.08. The topological polar surface area (TPSA) is 21.3 Å². The number of fused-ring (bicyclic) bond motifs is 1. The smallest absolute Gasteiger partial charge is 0.130 e. The van der Waals surface area contributed by atoms with Crippen LogP contribution in [0.2, 0.25) is 0 Å². The molecule has 104 valence electrons. The maximum absolute atomic E-state index is 13.6. The number of hydrogen-bond donors (Lipinski definition) is 1. The van der Waals surface area contributed by atoms with Gasteiger partial charge in [0, 0.05) is 12.1 Å². The van der Waals surface area contributed by atoms with Crippen LogP contribution in [0.15, 0.2) is 36.4 Å². The first kappa shape index (κ1) is 13.1. The molecule has 1 heterocycles. The SMILES string of the molecule is CNCc1ccc(F)cc1-c1cccc2c1OCCC2. The molecular weight excluding hydrogens is 253 g/mol. The van der Waals surface area contributed by atoms with Crippen molar-refractivity contribution < 1.29 is 9.13 Å². The second kappa shape index (κ2) is 5.63. The monoisotopic (exact) mass is 271 g/mol. The molecular formula is C17H18FNO. The van der Waals surface area contributed by atoms with Gasteiger partial charge in [-0.25, -0.2) is 4.39 Å². The van der Waals surface area contributed by atoms with Crippen molar-refractivity contribution in [1.82, 2.24) is 5.32 Å². The molecule has 2 aromatic rings. The highest BCUT2D eigenvalue weighted by Gasteiger charge is 2.17. The van der Waals surface area contributed by atoms with Gasteiger partial charge >= 0.3 is 0 Å². The fraction of sp³-hybridized carbons (Fsp3) is 0.294. The summed E-state index contributed by atoms with van der Waals surface area (Å²) in [6.07, 6.45) is 2.07. The van der Waals surface area contributed by atoms with Crippen LogP contribution < -0.4 is 10.1 Å². The first-order valence-corrected chi connectivity index (χ1v) is 6.97. The summed E-state index contributed by atoms with van der Waals surface area (Å²) >= 11 is 0. The van der Waals surface area contributed by atoms with Crippen molar-refractivity contribution in [3.05, 3.63) is 53.3 Å². The van der Waals surface area contributed by atoms with E-state index in [2.05, 4.69) is 11.4 Å². The van der Waals surface area contributed by atoms with Gasteiger partial charge in [-0.05, 0) is 48.7 Å². The van der Waals surface area contributed by atoms with E-state index >= 15 is 0 Å². The van der Waals surface area contributed by atoms with E-state index in [0.717, 1.165) is 41.9 Å². The van der Waals surface area contributed by atoms with Crippen LogP contribution in [0.1, 0.15) is 17.5 Å². The van der Waals surface area contributed by atoms with Crippen molar-refractivity contribution >= 4 is 0 Å². The largest absolute Gasteiger partial charge is 0.493 e. The Balaban J connectivity index is 2.15. The predicted octanol–water partition coefficient (Wildman–Crippen LogP) is 3.54. The van der Waals surface area contributed by atoms with Crippen LogP contribution >= 0.6 is 0 Å². The Morgan fingerprint density at radius 1 is 1.20 bits per heavy atom. The summed E-state index contributed by atoms with van der Waals surface area (Å²) in [5, 5.41) is 3.13. The lowest BCUT2D eigenvalue weighted by Crippen LogP contribution is -2.11. The van der Waals surface area contributed by atoms with Crippen LogP contribution in [0.5, 0.6) is 5.75 Å². The van der Waals surface area contributed by atoms with Gasteiger partial charge in [0.2, 0.25) is 0 Å². The molecule has 20 heavy (non-hydrogen) atoms. The van der Waals surface area contributed by atoms with Crippen molar-refractivity contribution in [3.8, 4) is 16.9 Å². The van der Waals surface area contributed by atoms with Gasteiger partial charge in [-0.2, -0.15) is 0 Å². The first-order chi connectivity index (χ1) is 9.79. The Morgan fingerprint density at radius 3 is 2.95 bits per heavy atom. The summed E-state index contributed by atoms with van der Waals surface area (Å²) < 4.78 is 19.5. The van der Waals surface area contributed by atoms with Gasteiger partial charge < -0.3 is 10.1 Å². The first-order valence-electron chi connectivity index (χ1n) is 6.97. The van der Waals surface area contributed by atoms with E-state index in [0.29, 0.717) is 6.54 Å². The van der Waals surface area contributed by atoms with E-state index in [-0.39, 0.29) is 5.82 Å². The summed E-state index contributed by atoms with van der Waals surface area (Å²) in [4.78, 5) is 0. The van der Waals surface area contributed by atoms with Crippen LogP contribution in [-0.4, -0.2) is 13.7 Å². The predicted molar refractivity (Wildman–Crippen MR) is 78.4 cm³/mol. The van der Waals surface area contributed by atoms with Crippen molar-refractivity contribution in [2.24, 2.45) is 0 Å². The molecule has 0 saturated carbocycles. The fourth-order valence-electron chi connectivity index (χ4n) is 2.75. The number of benzene rings is 2. The molecule has 0 amide bonds. The highest BCUT2D eigenvalue weighted by molar-refractivity contribution is 5.75. The lowest BCUT2D eigenvalue weighted by atomic mass is 9.94.